The average Bonchev–Trinajstić information content (AvgIpc) is 2.29. The summed E-state index contributed by atoms with van der Waals surface area (Å²) in [7, 11) is 0. The van der Waals surface area contributed by atoms with Gasteiger partial charge in [-0.05, 0) is 43.9 Å². The second kappa shape index (κ2) is 5.19. The summed E-state index contributed by atoms with van der Waals surface area (Å²) in [5, 5.41) is 0. The lowest BCUT2D eigenvalue weighted by molar-refractivity contribution is 0.485. The maximum absolute atomic E-state index is 5.66. The monoisotopic (exact) mass is 282 g/mol. The van der Waals surface area contributed by atoms with Crippen molar-refractivity contribution < 1.29 is 0 Å². The van der Waals surface area contributed by atoms with Crippen LogP contribution in [0.5, 0.6) is 0 Å². The van der Waals surface area contributed by atoms with Gasteiger partial charge in [0.1, 0.15) is 0 Å². The van der Waals surface area contributed by atoms with E-state index in [-0.39, 0.29) is 0 Å². The molecule has 1 aliphatic heterocycles. The van der Waals surface area contributed by atoms with Gasteiger partial charge >= 0.3 is 0 Å². The van der Waals surface area contributed by atoms with Crippen molar-refractivity contribution in [3.05, 3.63) is 28.2 Å². The van der Waals surface area contributed by atoms with E-state index in [2.05, 4.69) is 46.0 Å². The van der Waals surface area contributed by atoms with Gasteiger partial charge in [-0.1, -0.05) is 22.0 Å². The standard InChI is InChI=1S/C13H19BrN2/c1-10-4-2-3-7-16(10)12-6-5-11(9-15)13(14)8-12/h5-6,8,10H,2-4,7,9,15H2,1H3. The first-order valence-corrected chi connectivity index (χ1v) is 6.77. The molecule has 0 radical (unpaired) electrons. The van der Waals surface area contributed by atoms with E-state index in [0.717, 1.165) is 4.47 Å². The first kappa shape index (κ1) is 11.9. The molecule has 2 N–H and O–H groups in total. The summed E-state index contributed by atoms with van der Waals surface area (Å²) >= 11 is 3.59. The van der Waals surface area contributed by atoms with Crippen LogP contribution in [-0.2, 0) is 6.54 Å². The van der Waals surface area contributed by atoms with Crippen LogP contribution < -0.4 is 10.6 Å². The highest BCUT2D eigenvalue weighted by molar-refractivity contribution is 9.10. The second-order valence-electron chi connectivity index (χ2n) is 4.52. The van der Waals surface area contributed by atoms with Crippen LogP contribution >= 0.6 is 15.9 Å². The van der Waals surface area contributed by atoms with Crippen LogP contribution in [0.4, 0.5) is 5.69 Å². The molecule has 1 unspecified atom stereocenters. The number of hydrogen-bond donors (Lipinski definition) is 1. The Hall–Kier alpha value is -0.540. The van der Waals surface area contributed by atoms with Crippen molar-refractivity contribution in [1.82, 2.24) is 0 Å². The summed E-state index contributed by atoms with van der Waals surface area (Å²) in [6, 6.07) is 7.17. The molecule has 16 heavy (non-hydrogen) atoms. The van der Waals surface area contributed by atoms with Gasteiger partial charge in [-0.15, -0.1) is 0 Å². The molecule has 0 saturated carbocycles. The largest absolute Gasteiger partial charge is 0.369 e. The van der Waals surface area contributed by atoms with E-state index >= 15 is 0 Å². The second-order valence-corrected chi connectivity index (χ2v) is 5.37. The molecule has 1 aromatic rings. The van der Waals surface area contributed by atoms with Gasteiger partial charge in [-0.3, -0.25) is 0 Å². The van der Waals surface area contributed by atoms with Crippen LogP contribution in [0.15, 0.2) is 22.7 Å². The molecule has 1 aliphatic rings. The van der Waals surface area contributed by atoms with Crippen LogP contribution in [0.3, 0.4) is 0 Å². The first-order valence-electron chi connectivity index (χ1n) is 5.97. The van der Waals surface area contributed by atoms with Crippen molar-refractivity contribution in [3.8, 4) is 0 Å². The number of nitrogens with zero attached hydrogens (tertiary/aromatic N) is 1. The van der Waals surface area contributed by atoms with E-state index < -0.39 is 0 Å². The highest BCUT2D eigenvalue weighted by atomic mass is 79.9. The van der Waals surface area contributed by atoms with Gasteiger partial charge in [0.2, 0.25) is 0 Å². The van der Waals surface area contributed by atoms with Gasteiger partial charge in [0.25, 0.3) is 0 Å². The summed E-state index contributed by atoms with van der Waals surface area (Å²) < 4.78 is 1.13. The molecule has 88 valence electrons. The lowest BCUT2D eigenvalue weighted by Crippen LogP contribution is -2.37. The predicted octanol–water partition coefficient (Wildman–Crippen LogP) is 3.29. The normalized spacial score (nSPS) is 21.2. The Labute approximate surface area is 106 Å². The predicted molar refractivity (Wildman–Crippen MR) is 72.7 cm³/mol. The zero-order chi connectivity index (χ0) is 11.5. The number of nitrogens with two attached hydrogens (primary N) is 1. The van der Waals surface area contributed by atoms with Crippen LogP contribution in [0.1, 0.15) is 31.7 Å². The summed E-state index contributed by atoms with van der Waals surface area (Å²) in [4.78, 5) is 2.49. The fourth-order valence-electron chi connectivity index (χ4n) is 2.36. The quantitative estimate of drug-likeness (QED) is 0.902. The van der Waals surface area contributed by atoms with E-state index in [9.17, 15) is 0 Å². The van der Waals surface area contributed by atoms with E-state index in [4.69, 9.17) is 5.73 Å². The summed E-state index contributed by atoms with van der Waals surface area (Å²) in [5.74, 6) is 0. The Kier molecular flexibility index (Phi) is 3.87. The van der Waals surface area contributed by atoms with Crippen molar-refractivity contribution >= 4 is 21.6 Å². The highest BCUT2D eigenvalue weighted by Crippen LogP contribution is 2.28. The molecular formula is C13H19BrN2. The molecule has 2 rings (SSSR count). The Morgan fingerprint density at radius 2 is 2.25 bits per heavy atom. The SMILES string of the molecule is CC1CCCCN1c1ccc(CN)c(Br)c1. The number of rotatable bonds is 2. The zero-order valence-electron chi connectivity index (χ0n) is 9.75. The number of benzene rings is 1. The fourth-order valence-corrected chi connectivity index (χ4v) is 2.89. The average molecular weight is 283 g/mol. The molecule has 1 saturated heterocycles. The summed E-state index contributed by atoms with van der Waals surface area (Å²) in [6.07, 6.45) is 3.97. The Bertz CT molecular complexity index is 365. The Morgan fingerprint density at radius 1 is 1.44 bits per heavy atom. The smallest absolute Gasteiger partial charge is 0.0380 e. The molecule has 0 bridgehead atoms. The maximum Gasteiger partial charge on any atom is 0.0380 e. The maximum atomic E-state index is 5.66. The summed E-state index contributed by atoms with van der Waals surface area (Å²) in [6.45, 7) is 4.08. The van der Waals surface area contributed by atoms with Crippen molar-refractivity contribution in [2.45, 2.75) is 38.8 Å². The first-order chi connectivity index (χ1) is 7.72. The van der Waals surface area contributed by atoms with Gasteiger partial charge in [0, 0.05) is 29.3 Å². The van der Waals surface area contributed by atoms with Gasteiger partial charge in [-0.2, -0.15) is 0 Å². The molecular weight excluding hydrogens is 264 g/mol. The molecule has 0 spiro atoms. The van der Waals surface area contributed by atoms with Crippen LogP contribution in [0.2, 0.25) is 0 Å². The van der Waals surface area contributed by atoms with Crippen molar-refractivity contribution in [1.29, 1.82) is 0 Å². The Morgan fingerprint density at radius 3 is 2.88 bits per heavy atom. The van der Waals surface area contributed by atoms with E-state index in [0.29, 0.717) is 12.6 Å². The van der Waals surface area contributed by atoms with Crippen LogP contribution in [0, 0.1) is 0 Å². The van der Waals surface area contributed by atoms with E-state index in [1.807, 2.05) is 0 Å². The summed E-state index contributed by atoms with van der Waals surface area (Å²) in [5.41, 5.74) is 8.15. The van der Waals surface area contributed by atoms with Gasteiger partial charge in [0.15, 0.2) is 0 Å². The zero-order valence-corrected chi connectivity index (χ0v) is 11.3. The van der Waals surface area contributed by atoms with Crippen molar-refractivity contribution in [2.24, 2.45) is 5.73 Å². The minimum atomic E-state index is 0.594. The third kappa shape index (κ3) is 2.41. The topological polar surface area (TPSA) is 29.3 Å². The van der Waals surface area contributed by atoms with E-state index in [1.165, 1.54) is 37.1 Å². The fraction of sp³-hybridized carbons (Fsp3) is 0.538. The van der Waals surface area contributed by atoms with Crippen molar-refractivity contribution in [3.63, 3.8) is 0 Å². The lowest BCUT2D eigenvalue weighted by Gasteiger charge is -2.35. The van der Waals surface area contributed by atoms with E-state index in [1.54, 1.807) is 0 Å². The van der Waals surface area contributed by atoms with Gasteiger partial charge in [-0.25, -0.2) is 0 Å². The molecule has 3 heteroatoms. The molecule has 0 amide bonds. The van der Waals surface area contributed by atoms with Gasteiger partial charge < -0.3 is 10.6 Å². The molecule has 0 aliphatic carbocycles. The Balaban J connectivity index is 2.22. The molecule has 1 fully saturated rings. The number of halogens is 1. The number of piperidine rings is 1. The third-order valence-electron chi connectivity index (χ3n) is 3.39. The molecule has 1 heterocycles. The minimum absolute atomic E-state index is 0.594. The molecule has 1 atom stereocenters. The van der Waals surface area contributed by atoms with Crippen LogP contribution in [-0.4, -0.2) is 12.6 Å². The molecule has 2 nitrogen and oxygen atoms in total. The number of hydrogen-bond acceptors (Lipinski definition) is 2. The molecule has 1 aromatic carbocycles. The lowest BCUT2D eigenvalue weighted by atomic mass is 10.0. The van der Waals surface area contributed by atoms with Crippen molar-refractivity contribution in [2.75, 3.05) is 11.4 Å². The van der Waals surface area contributed by atoms with Crippen LogP contribution in [0.25, 0.3) is 0 Å². The third-order valence-corrected chi connectivity index (χ3v) is 4.13. The van der Waals surface area contributed by atoms with Gasteiger partial charge in [0.05, 0.1) is 0 Å². The highest BCUT2D eigenvalue weighted by Gasteiger charge is 2.18. The number of anilines is 1. The molecule has 0 aromatic heterocycles. The minimum Gasteiger partial charge on any atom is -0.369 e.